The number of alkyl halides is 3. The molecule has 2 rings (SSSR count). The van der Waals surface area contributed by atoms with Crippen LogP contribution < -0.4 is 10.5 Å². The zero-order valence-electron chi connectivity index (χ0n) is 12.8. The number of hydrogen-bond donors (Lipinski definition) is 2. The van der Waals surface area contributed by atoms with Crippen molar-refractivity contribution >= 4 is 5.97 Å². The van der Waals surface area contributed by atoms with Crippen molar-refractivity contribution in [2.24, 2.45) is 5.73 Å². The van der Waals surface area contributed by atoms with E-state index in [1.54, 1.807) is 31.2 Å². The van der Waals surface area contributed by atoms with Crippen LogP contribution in [0.15, 0.2) is 42.5 Å². The number of nitrogens with two attached hydrogens (primary N) is 1. The van der Waals surface area contributed by atoms with E-state index >= 15 is 0 Å². The van der Waals surface area contributed by atoms with Crippen LogP contribution in [0.2, 0.25) is 0 Å². The first-order chi connectivity index (χ1) is 11.1. The number of halogens is 3. The van der Waals surface area contributed by atoms with Crippen molar-refractivity contribution < 1.29 is 27.8 Å². The Morgan fingerprint density at radius 3 is 2.54 bits per heavy atom. The molecule has 0 saturated carbocycles. The summed E-state index contributed by atoms with van der Waals surface area (Å²) >= 11 is 0. The zero-order valence-corrected chi connectivity index (χ0v) is 12.8. The Hall–Kier alpha value is -2.54. The number of carboxylic acid groups (broad SMARTS) is 1. The molecule has 0 heterocycles. The van der Waals surface area contributed by atoms with Crippen LogP contribution in [0.25, 0.3) is 11.1 Å². The van der Waals surface area contributed by atoms with Crippen molar-refractivity contribution in [3.8, 4) is 16.9 Å². The molecule has 7 heteroatoms. The van der Waals surface area contributed by atoms with Gasteiger partial charge in [-0.1, -0.05) is 29.8 Å². The lowest BCUT2D eigenvalue weighted by Gasteiger charge is -2.14. The van der Waals surface area contributed by atoms with E-state index in [2.05, 4.69) is 4.74 Å². The second kappa shape index (κ2) is 6.92. The molecule has 0 aliphatic carbocycles. The topological polar surface area (TPSA) is 72.5 Å². The molecule has 3 N–H and O–H groups in total. The number of ether oxygens (including phenoxy) is 1. The first-order valence-electron chi connectivity index (χ1n) is 7.09. The number of carbonyl (C=O) groups is 1. The summed E-state index contributed by atoms with van der Waals surface area (Å²) in [5.74, 6) is -1.34. The van der Waals surface area contributed by atoms with Crippen molar-refractivity contribution in [1.82, 2.24) is 0 Å². The van der Waals surface area contributed by atoms with E-state index in [-0.39, 0.29) is 12.2 Å². The molecule has 2 aromatic rings. The highest BCUT2D eigenvalue weighted by Gasteiger charge is 2.31. The predicted octanol–water partition coefficient (Wildman–Crippen LogP) is 4.04. The monoisotopic (exact) mass is 339 g/mol. The fourth-order valence-corrected chi connectivity index (χ4v) is 2.37. The van der Waals surface area contributed by atoms with E-state index < -0.39 is 18.4 Å². The summed E-state index contributed by atoms with van der Waals surface area (Å²) in [4.78, 5) is 10.8. The lowest BCUT2D eigenvalue weighted by molar-refractivity contribution is -0.274. The summed E-state index contributed by atoms with van der Waals surface area (Å²) in [6.07, 6.45) is -5.00. The van der Waals surface area contributed by atoms with E-state index in [0.717, 1.165) is 5.56 Å². The molecule has 0 aliphatic rings. The highest BCUT2D eigenvalue weighted by atomic mass is 19.4. The van der Waals surface area contributed by atoms with Crippen molar-refractivity contribution in [1.29, 1.82) is 0 Å². The van der Waals surface area contributed by atoms with Crippen LogP contribution in [0.1, 0.15) is 23.6 Å². The molecular weight excluding hydrogens is 323 g/mol. The highest BCUT2D eigenvalue weighted by molar-refractivity contribution is 5.69. The summed E-state index contributed by atoms with van der Waals surface area (Å²) in [5.41, 5.74) is 8.46. The quantitative estimate of drug-likeness (QED) is 0.862. The predicted molar refractivity (Wildman–Crippen MR) is 82.5 cm³/mol. The van der Waals surface area contributed by atoms with Gasteiger partial charge in [0.2, 0.25) is 0 Å². The standard InChI is InChI=1S/C17H16F3NO3/c1-10-5-12(7-13(6-10)15(21)9-16(22)23)11-3-2-4-14(8-11)24-17(18,19)20/h2-8,15H,9,21H2,1H3,(H,22,23)/t15-/m0/s1. The minimum absolute atomic E-state index is 0.236. The zero-order chi connectivity index (χ0) is 17.9. The SMILES string of the molecule is Cc1cc(-c2cccc(OC(F)(F)F)c2)cc([C@@H](N)CC(=O)O)c1. The number of aryl methyl sites for hydroxylation is 1. The Morgan fingerprint density at radius 2 is 1.92 bits per heavy atom. The van der Waals surface area contributed by atoms with Gasteiger partial charge in [0.05, 0.1) is 6.42 Å². The second-order valence-electron chi connectivity index (χ2n) is 5.41. The molecule has 0 radical (unpaired) electrons. The molecule has 24 heavy (non-hydrogen) atoms. The molecule has 0 bridgehead atoms. The van der Waals surface area contributed by atoms with Gasteiger partial charge in [-0.05, 0) is 41.8 Å². The average molecular weight is 339 g/mol. The van der Waals surface area contributed by atoms with Crippen LogP contribution in [-0.4, -0.2) is 17.4 Å². The van der Waals surface area contributed by atoms with Gasteiger partial charge in [0.25, 0.3) is 0 Å². The van der Waals surface area contributed by atoms with Crippen molar-refractivity contribution in [3.05, 3.63) is 53.6 Å². The number of hydrogen-bond acceptors (Lipinski definition) is 3. The molecule has 1 atom stereocenters. The van der Waals surface area contributed by atoms with Crippen LogP contribution in [-0.2, 0) is 4.79 Å². The van der Waals surface area contributed by atoms with Gasteiger partial charge in [-0.15, -0.1) is 13.2 Å². The van der Waals surface area contributed by atoms with Crippen LogP contribution >= 0.6 is 0 Å². The normalized spacial score (nSPS) is 12.7. The maximum atomic E-state index is 12.3. The molecule has 0 amide bonds. The summed E-state index contributed by atoms with van der Waals surface area (Å²) in [5, 5.41) is 8.84. The van der Waals surface area contributed by atoms with Crippen LogP contribution in [0.5, 0.6) is 5.75 Å². The molecule has 0 aliphatic heterocycles. The smallest absolute Gasteiger partial charge is 0.481 e. The molecule has 128 valence electrons. The molecule has 2 aromatic carbocycles. The molecule has 0 fully saturated rings. The average Bonchev–Trinajstić information content (AvgIpc) is 2.44. The molecule has 0 aromatic heterocycles. The van der Waals surface area contributed by atoms with Crippen LogP contribution in [0, 0.1) is 6.92 Å². The Morgan fingerprint density at radius 1 is 1.21 bits per heavy atom. The Kier molecular flexibility index (Phi) is 5.14. The molecular formula is C17H16F3NO3. The summed E-state index contributed by atoms with van der Waals surface area (Å²) < 4.78 is 40.9. The lowest BCUT2D eigenvalue weighted by Crippen LogP contribution is -2.17. The molecule has 0 spiro atoms. The molecule has 4 nitrogen and oxygen atoms in total. The summed E-state index contributed by atoms with van der Waals surface area (Å²) in [7, 11) is 0. The van der Waals surface area contributed by atoms with Gasteiger partial charge in [0, 0.05) is 6.04 Å². The maximum Gasteiger partial charge on any atom is 0.573 e. The molecule has 0 saturated heterocycles. The summed E-state index contributed by atoms with van der Waals surface area (Å²) in [6, 6.07) is 10.1. The van der Waals surface area contributed by atoms with Crippen molar-refractivity contribution in [2.75, 3.05) is 0 Å². The van der Waals surface area contributed by atoms with Gasteiger partial charge in [0.15, 0.2) is 0 Å². The van der Waals surface area contributed by atoms with Crippen molar-refractivity contribution in [3.63, 3.8) is 0 Å². The van der Waals surface area contributed by atoms with Crippen molar-refractivity contribution in [2.45, 2.75) is 25.7 Å². The van der Waals surface area contributed by atoms with Gasteiger partial charge in [-0.3, -0.25) is 4.79 Å². The van der Waals surface area contributed by atoms with E-state index in [1.807, 2.05) is 0 Å². The Balaban J connectivity index is 2.37. The fourth-order valence-electron chi connectivity index (χ4n) is 2.37. The fraction of sp³-hybridized carbons (Fsp3) is 0.235. The maximum absolute atomic E-state index is 12.3. The largest absolute Gasteiger partial charge is 0.573 e. The Labute approximate surface area is 136 Å². The third-order valence-corrected chi connectivity index (χ3v) is 3.32. The second-order valence-corrected chi connectivity index (χ2v) is 5.41. The number of rotatable bonds is 5. The first-order valence-corrected chi connectivity index (χ1v) is 7.09. The highest BCUT2D eigenvalue weighted by Crippen LogP contribution is 2.30. The Bertz CT molecular complexity index is 744. The van der Waals surface area contributed by atoms with E-state index in [1.165, 1.54) is 18.2 Å². The van der Waals surface area contributed by atoms with E-state index in [4.69, 9.17) is 10.8 Å². The third-order valence-electron chi connectivity index (χ3n) is 3.32. The minimum atomic E-state index is -4.76. The van der Waals surface area contributed by atoms with E-state index in [0.29, 0.717) is 16.7 Å². The van der Waals surface area contributed by atoms with Crippen LogP contribution in [0.3, 0.4) is 0 Å². The third kappa shape index (κ3) is 4.99. The van der Waals surface area contributed by atoms with Gasteiger partial charge in [0.1, 0.15) is 5.75 Å². The lowest BCUT2D eigenvalue weighted by atomic mass is 9.96. The first kappa shape index (κ1) is 17.8. The number of benzene rings is 2. The van der Waals surface area contributed by atoms with Gasteiger partial charge < -0.3 is 15.6 Å². The van der Waals surface area contributed by atoms with Gasteiger partial charge in [-0.25, -0.2) is 0 Å². The number of aliphatic carboxylic acids is 1. The molecule has 0 unspecified atom stereocenters. The minimum Gasteiger partial charge on any atom is -0.481 e. The number of carboxylic acids is 1. The van der Waals surface area contributed by atoms with Gasteiger partial charge >= 0.3 is 12.3 Å². The summed E-state index contributed by atoms with van der Waals surface area (Å²) in [6.45, 7) is 1.80. The van der Waals surface area contributed by atoms with E-state index in [9.17, 15) is 18.0 Å². The van der Waals surface area contributed by atoms with Crippen LogP contribution in [0.4, 0.5) is 13.2 Å². The van der Waals surface area contributed by atoms with Gasteiger partial charge in [-0.2, -0.15) is 0 Å².